The van der Waals surface area contributed by atoms with Gasteiger partial charge in [-0.1, -0.05) is 42.0 Å². The number of likely N-dealkylation sites (tertiary alicyclic amines) is 1. The van der Waals surface area contributed by atoms with Gasteiger partial charge in [0.25, 0.3) is 5.91 Å². The van der Waals surface area contributed by atoms with Gasteiger partial charge < -0.3 is 15.2 Å². The van der Waals surface area contributed by atoms with Gasteiger partial charge in [-0.2, -0.15) is 0 Å². The Bertz CT molecular complexity index is 988. The zero-order chi connectivity index (χ0) is 19.5. The van der Waals surface area contributed by atoms with Gasteiger partial charge in [-0.15, -0.1) is 0 Å². The van der Waals surface area contributed by atoms with Gasteiger partial charge in [0, 0.05) is 30.4 Å². The number of carbonyl (C=O) groups excluding carboxylic acids is 2. The monoisotopic (exact) mass is 375 g/mol. The largest absolute Gasteiger partial charge is 0.351 e. The zero-order valence-corrected chi connectivity index (χ0v) is 16.1. The number of aryl methyl sites for hydroxylation is 1. The second-order valence-electron chi connectivity index (χ2n) is 7.52. The third-order valence-corrected chi connectivity index (χ3v) is 5.32. The summed E-state index contributed by atoms with van der Waals surface area (Å²) in [6.07, 6.45) is 2.54. The Morgan fingerprint density at radius 1 is 1.07 bits per heavy atom. The second-order valence-corrected chi connectivity index (χ2v) is 7.52. The van der Waals surface area contributed by atoms with E-state index in [0.29, 0.717) is 12.1 Å². The fourth-order valence-electron chi connectivity index (χ4n) is 3.82. The van der Waals surface area contributed by atoms with Crippen LogP contribution < -0.4 is 5.32 Å². The number of amides is 2. The number of fused-ring (bicyclic) bond motifs is 1. The van der Waals surface area contributed by atoms with Gasteiger partial charge in [-0.05, 0) is 43.5 Å². The van der Waals surface area contributed by atoms with E-state index in [1.807, 2.05) is 66.4 Å². The van der Waals surface area contributed by atoms with Crippen molar-refractivity contribution in [1.29, 1.82) is 0 Å². The summed E-state index contributed by atoms with van der Waals surface area (Å²) < 4.78 is 0. The highest BCUT2D eigenvalue weighted by Gasteiger charge is 2.28. The average molecular weight is 375 g/mol. The molecule has 2 amide bonds. The zero-order valence-electron chi connectivity index (χ0n) is 16.1. The smallest absolute Gasteiger partial charge is 0.268 e. The van der Waals surface area contributed by atoms with Crippen molar-refractivity contribution >= 4 is 22.7 Å². The van der Waals surface area contributed by atoms with Crippen molar-refractivity contribution in [1.82, 2.24) is 15.2 Å². The Balaban J connectivity index is 1.56. The summed E-state index contributed by atoms with van der Waals surface area (Å²) in [7, 11) is 0. The molecular formula is C23H25N3O2. The summed E-state index contributed by atoms with van der Waals surface area (Å²) in [5, 5.41) is 3.97. The predicted octanol–water partition coefficient (Wildman–Crippen LogP) is 3.44. The molecule has 4 rings (SSSR count). The summed E-state index contributed by atoms with van der Waals surface area (Å²) in [5.41, 5.74) is 3.58. The topological polar surface area (TPSA) is 65.2 Å². The van der Waals surface area contributed by atoms with E-state index in [1.165, 1.54) is 0 Å². The Morgan fingerprint density at radius 3 is 2.57 bits per heavy atom. The summed E-state index contributed by atoms with van der Waals surface area (Å²) in [4.78, 5) is 31.0. The first kappa shape index (κ1) is 18.3. The molecule has 2 heterocycles. The fourth-order valence-corrected chi connectivity index (χ4v) is 3.82. The molecule has 1 fully saturated rings. The maximum Gasteiger partial charge on any atom is 0.268 e. The standard InChI is InChI=1S/C23H25N3O2/c1-16-9-10-19-18(13-16)15-20(24-19)22(27)25-21(14-17-7-3-2-4-8-17)23(28)26-11-5-6-12-26/h2-4,7-10,13,15,21,24H,5-6,11-12,14H2,1H3,(H,25,27). The van der Waals surface area contributed by atoms with E-state index in [-0.39, 0.29) is 11.8 Å². The van der Waals surface area contributed by atoms with Gasteiger partial charge in [0.15, 0.2) is 0 Å². The van der Waals surface area contributed by atoms with Crippen LogP contribution in [0.2, 0.25) is 0 Å². The molecule has 0 saturated carbocycles. The number of carbonyl (C=O) groups is 2. The second kappa shape index (κ2) is 7.89. The normalized spacial score (nSPS) is 15.0. The van der Waals surface area contributed by atoms with Crippen molar-refractivity contribution in [2.75, 3.05) is 13.1 Å². The van der Waals surface area contributed by atoms with Crippen molar-refractivity contribution in [2.24, 2.45) is 0 Å². The van der Waals surface area contributed by atoms with E-state index in [9.17, 15) is 9.59 Å². The molecule has 1 aromatic heterocycles. The molecule has 5 nitrogen and oxygen atoms in total. The molecule has 0 spiro atoms. The van der Waals surface area contributed by atoms with Crippen LogP contribution in [0.1, 0.15) is 34.5 Å². The van der Waals surface area contributed by atoms with Crippen molar-refractivity contribution in [3.63, 3.8) is 0 Å². The molecule has 3 aromatic rings. The molecule has 5 heteroatoms. The van der Waals surface area contributed by atoms with Crippen LogP contribution in [0.4, 0.5) is 0 Å². The number of hydrogen-bond donors (Lipinski definition) is 2. The lowest BCUT2D eigenvalue weighted by atomic mass is 10.0. The average Bonchev–Trinajstić information content (AvgIpc) is 3.37. The number of H-pyrrole nitrogens is 1. The molecule has 28 heavy (non-hydrogen) atoms. The maximum absolute atomic E-state index is 13.0. The van der Waals surface area contributed by atoms with Gasteiger partial charge in [-0.25, -0.2) is 0 Å². The van der Waals surface area contributed by atoms with Crippen LogP contribution in [-0.4, -0.2) is 40.8 Å². The lowest BCUT2D eigenvalue weighted by Gasteiger charge is -2.24. The third kappa shape index (κ3) is 3.93. The minimum absolute atomic E-state index is 0.00154. The van der Waals surface area contributed by atoms with Crippen molar-refractivity contribution in [3.8, 4) is 0 Å². The van der Waals surface area contributed by atoms with Crippen LogP contribution in [-0.2, 0) is 11.2 Å². The number of hydrogen-bond acceptors (Lipinski definition) is 2. The Kier molecular flexibility index (Phi) is 5.15. The van der Waals surface area contributed by atoms with E-state index in [2.05, 4.69) is 10.3 Å². The summed E-state index contributed by atoms with van der Waals surface area (Å²) in [6.45, 7) is 3.56. The van der Waals surface area contributed by atoms with E-state index in [4.69, 9.17) is 0 Å². The molecular weight excluding hydrogens is 350 g/mol. The minimum Gasteiger partial charge on any atom is -0.351 e. The summed E-state index contributed by atoms with van der Waals surface area (Å²) >= 11 is 0. The van der Waals surface area contributed by atoms with Gasteiger partial charge in [-0.3, -0.25) is 9.59 Å². The molecule has 0 aliphatic carbocycles. The molecule has 1 unspecified atom stereocenters. The molecule has 1 saturated heterocycles. The number of aromatic nitrogens is 1. The van der Waals surface area contributed by atoms with Crippen LogP contribution in [0, 0.1) is 6.92 Å². The lowest BCUT2D eigenvalue weighted by molar-refractivity contribution is -0.132. The first-order chi connectivity index (χ1) is 13.6. The number of aromatic amines is 1. The summed E-state index contributed by atoms with van der Waals surface area (Å²) in [6, 6.07) is 17.1. The van der Waals surface area contributed by atoms with Crippen LogP contribution >= 0.6 is 0 Å². The number of rotatable bonds is 5. The van der Waals surface area contributed by atoms with Gasteiger partial charge in [0.2, 0.25) is 5.91 Å². The van der Waals surface area contributed by atoms with Crippen LogP contribution in [0.3, 0.4) is 0 Å². The van der Waals surface area contributed by atoms with Crippen molar-refractivity contribution in [3.05, 3.63) is 71.4 Å². The maximum atomic E-state index is 13.0. The number of nitrogens with zero attached hydrogens (tertiary/aromatic N) is 1. The van der Waals surface area contributed by atoms with Gasteiger partial charge >= 0.3 is 0 Å². The van der Waals surface area contributed by atoms with Crippen molar-refractivity contribution < 1.29 is 9.59 Å². The van der Waals surface area contributed by atoms with E-state index >= 15 is 0 Å². The predicted molar refractivity (Wildman–Crippen MR) is 110 cm³/mol. The Morgan fingerprint density at radius 2 is 1.82 bits per heavy atom. The molecule has 2 N–H and O–H groups in total. The van der Waals surface area contributed by atoms with Crippen LogP contribution in [0.25, 0.3) is 10.9 Å². The molecule has 1 aliphatic rings. The minimum atomic E-state index is -0.568. The summed E-state index contributed by atoms with van der Waals surface area (Å²) in [5.74, 6) is -0.246. The van der Waals surface area contributed by atoms with E-state index < -0.39 is 6.04 Å². The quantitative estimate of drug-likeness (QED) is 0.717. The number of benzene rings is 2. The van der Waals surface area contributed by atoms with Crippen LogP contribution in [0.15, 0.2) is 54.6 Å². The van der Waals surface area contributed by atoms with Gasteiger partial charge in [0.05, 0.1) is 0 Å². The Hall–Kier alpha value is -3.08. The van der Waals surface area contributed by atoms with Crippen LogP contribution in [0.5, 0.6) is 0 Å². The molecule has 1 aliphatic heterocycles. The first-order valence-corrected chi connectivity index (χ1v) is 9.83. The van der Waals surface area contributed by atoms with Crippen molar-refractivity contribution in [2.45, 2.75) is 32.2 Å². The third-order valence-electron chi connectivity index (χ3n) is 5.32. The molecule has 0 bridgehead atoms. The van der Waals surface area contributed by atoms with E-state index in [0.717, 1.165) is 48.0 Å². The highest BCUT2D eigenvalue weighted by Crippen LogP contribution is 2.18. The fraction of sp³-hybridized carbons (Fsp3) is 0.304. The Labute approximate surface area is 164 Å². The highest BCUT2D eigenvalue weighted by atomic mass is 16.2. The molecule has 1 atom stereocenters. The molecule has 144 valence electrons. The molecule has 0 radical (unpaired) electrons. The number of nitrogens with one attached hydrogen (secondary N) is 2. The van der Waals surface area contributed by atoms with E-state index in [1.54, 1.807) is 0 Å². The molecule has 2 aromatic carbocycles. The highest BCUT2D eigenvalue weighted by molar-refractivity contribution is 6.00. The SMILES string of the molecule is Cc1ccc2[nH]c(C(=O)NC(Cc3ccccc3)C(=O)N3CCCC3)cc2c1. The van der Waals surface area contributed by atoms with Gasteiger partial charge in [0.1, 0.15) is 11.7 Å². The lowest BCUT2D eigenvalue weighted by Crippen LogP contribution is -2.49. The first-order valence-electron chi connectivity index (χ1n) is 9.83.